The number of carbonyl (C=O) groups is 1. The highest BCUT2D eigenvalue weighted by Gasteiger charge is 2.14. The number of ketones is 1. The number of hydrogen-bond acceptors (Lipinski definition) is 5. The van der Waals surface area contributed by atoms with Crippen LogP contribution in [-0.4, -0.2) is 27.2 Å². The van der Waals surface area contributed by atoms with Gasteiger partial charge < -0.3 is 18.5 Å². The number of nitrogens with zero attached hydrogens (tertiary/aromatic N) is 3. The minimum absolute atomic E-state index is 0.247. The molecule has 0 aliphatic carbocycles. The van der Waals surface area contributed by atoms with Crippen LogP contribution in [0.1, 0.15) is 44.0 Å². The lowest BCUT2D eigenvalue weighted by atomic mass is 10.1. The van der Waals surface area contributed by atoms with Crippen molar-refractivity contribution in [2.24, 2.45) is 0 Å². The van der Waals surface area contributed by atoms with E-state index in [1.54, 1.807) is 13.2 Å². The zero-order chi connectivity index (χ0) is 23.0. The molecule has 0 N–H and O–H groups in total. The Morgan fingerprint density at radius 1 is 0.939 bits per heavy atom. The molecule has 6 nitrogen and oxygen atoms in total. The third kappa shape index (κ3) is 5.77. The summed E-state index contributed by atoms with van der Waals surface area (Å²) in [7, 11) is 0. The Kier molecular flexibility index (Phi) is 7.35. The third-order valence-electron chi connectivity index (χ3n) is 5.62. The number of benzene rings is 2. The maximum Gasteiger partial charge on any atom is 0.164 e. The van der Waals surface area contributed by atoms with Crippen molar-refractivity contribution in [1.29, 1.82) is 0 Å². The average Bonchev–Trinajstić information content (AvgIpc) is 3.48. The molecule has 2 aromatic carbocycles. The van der Waals surface area contributed by atoms with Crippen LogP contribution in [-0.2, 0) is 11.3 Å². The van der Waals surface area contributed by atoms with E-state index >= 15 is 0 Å². The Morgan fingerprint density at radius 2 is 1.73 bits per heavy atom. The summed E-state index contributed by atoms with van der Waals surface area (Å²) < 4.78 is 13.7. The van der Waals surface area contributed by atoms with E-state index in [2.05, 4.69) is 20.8 Å². The van der Waals surface area contributed by atoms with Crippen LogP contribution in [0.15, 0.2) is 71.3 Å². The summed E-state index contributed by atoms with van der Waals surface area (Å²) in [5, 5.41) is 8.76. The van der Waals surface area contributed by atoms with Crippen LogP contribution in [0.3, 0.4) is 0 Å². The normalized spacial score (nSPS) is 11.0. The van der Waals surface area contributed by atoms with Gasteiger partial charge >= 0.3 is 0 Å². The SMILES string of the molecule is CC(=O)CCCCCOc1ccccc1Cn1c(C)nnc1-c1ccc(-c2ccco2)cc1. The van der Waals surface area contributed by atoms with Crippen molar-refractivity contribution in [3.05, 3.63) is 78.3 Å². The zero-order valence-corrected chi connectivity index (χ0v) is 19.2. The van der Waals surface area contributed by atoms with E-state index in [4.69, 9.17) is 9.15 Å². The van der Waals surface area contributed by atoms with Crippen LogP contribution >= 0.6 is 0 Å². The second-order valence-corrected chi connectivity index (χ2v) is 8.18. The molecule has 4 aromatic rings. The third-order valence-corrected chi connectivity index (χ3v) is 5.62. The summed E-state index contributed by atoms with van der Waals surface area (Å²) >= 11 is 0. The second kappa shape index (κ2) is 10.8. The number of para-hydroxylation sites is 1. The van der Waals surface area contributed by atoms with Gasteiger partial charge in [0.2, 0.25) is 0 Å². The number of ether oxygens (including phenoxy) is 1. The van der Waals surface area contributed by atoms with Crippen LogP contribution < -0.4 is 4.74 Å². The van der Waals surface area contributed by atoms with Gasteiger partial charge in [0.25, 0.3) is 0 Å². The summed E-state index contributed by atoms with van der Waals surface area (Å²) in [4.78, 5) is 11.1. The van der Waals surface area contributed by atoms with Crippen molar-refractivity contribution in [2.75, 3.05) is 6.61 Å². The molecular formula is C27H29N3O3. The minimum atomic E-state index is 0.247. The van der Waals surface area contributed by atoms with Crippen molar-refractivity contribution in [2.45, 2.75) is 46.1 Å². The Labute approximate surface area is 194 Å². The number of rotatable bonds is 11. The van der Waals surface area contributed by atoms with Gasteiger partial charge in [-0.2, -0.15) is 0 Å². The highest BCUT2D eigenvalue weighted by Crippen LogP contribution is 2.27. The van der Waals surface area contributed by atoms with Crippen molar-refractivity contribution in [3.8, 4) is 28.5 Å². The van der Waals surface area contributed by atoms with Gasteiger partial charge in [-0.15, -0.1) is 10.2 Å². The minimum Gasteiger partial charge on any atom is -0.493 e. The Bertz CT molecular complexity index is 1180. The largest absolute Gasteiger partial charge is 0.493 e. The molecule has 0 amide bonds. The van der Waals surface area contributed by atoms with Gasteiger partial charge in [-0.1, -0.05) is 42.5 Å². The Morgan fingerprint density at radius 3 is 2.48 bits per heavy atom. The van der Waals surface area contributed by atoms with E-state index in [1.807, 2.05) is 61.5 Å². The Hall–Kier alpha value is -3.67. The van der Waals surface area contributed by atoms with Gasteiger partial charge in [0.05, 0.1) is 19.4 Å². The maximum atomic E-state index is 11.1. The van der Waals surface area contributed by atoms with Crippen molar-refractivity contribution in [1.82, 2.24) is 14.8 Å². The number of aromatic nitrogens is 3. The highest BCUT2D eigenvalue weighted by molar-refractivity contribution is 5.75. The van der Waals surface area contributed by atoms with Crippen molar-refractivity contribution >= 4 is 5.78 Å². The molecular weight excluding hydrogens is 414 g/mol. The first-order chi connectivity index (χ1) is 16.1. The fourth-order valence-corrected chi connectivity index (χ4v) is 3.79. The lowest BCUT2D eigenvalue weighted by Gasteiger charge is -2.14. The predicted molar refractivity (Wildman–Crippen MR) is 128 cm³/mol. The topological polar surface area (TPSA) is 70.2 Å². The van der Waals surface area contributed by atoms with Crippen LogP contribution in [0, 0.1) is 6.92 Å². The molecule has 2 aromatic heterocycles. The quantitative estimate of drug-likeness (QED) is 0.262. The molecule has 2 heterocycles. The van der Waals surface area contributed by atoms with Gasteiger partial charge in [-0.05, 0) is 51.3 Å². The van der Waals surface area contributed by atoms with Gasteiger partial charge in [0.15, 0.2) is 5.82 Å². The van der Waals surface area contributed by atoms with E-state index in [0.29, 0.717) is 19.6 Å². The van der Waals surface area contributed by atoms with Gasteiger partial charge in [-0.25, -0.2) is 0 Å². The summed E-state index contributed by atoms with van der Waals surface area (Å²) in [6, 6.07) is 20.1. The highest BCUT2D eigenvalue weighted by atomic mass is 16.5. The molecule has 4 rings (SSSR count). The first kappa shape index (κ1) is 22.5. The molecule has 0 atom stereocenters. The predicted octanol–water partition coefficient (Wildman–Crippen LogP) is 6.09. The van der Waals surface area contributed by atoms with Gasteiger partial charge in [0.1, 0.15) is 23.1 Å². The Balaban J connectivity index is 1.46. The van der Waals surface area contributed by atoms with Crippen LogP contribution in [0.5, 0.6) is 5.75 Å². The monoisotopic (exact) mass is 443 g/mol. The molecule has 0 unspecified atom stereocenters. The lowest BCUT2D eigenvalue weighted by molar-refractivity contribution is -0.117. The van der Waals surface area contributed by atoms with E-state index in [-0.39, 0.29) is 5.78 Å². The summed E-state index contributed by atoms with van der Waals surface area (Å²) in [5.74, 6) is 3.62. The fourth-order valence-electron chi connectivity index (χ4n) is 3.79. The van der Waals surface area contributed by atoms with Gasteiger partial charge in [-0.3, -0.25) is 0 Å². The molecule has 0 bridgehead atoms. The second-order valence-electron chi connectivity index (χ2n) is 8.18. The fraction of sp³-hybridized carbons (Fsp3) is 0.296. The molecule has 170 valence electrons. The molecule has 6 heteroatoms. The molecule has 0 aliphatic rings. The number of unbranched alkanes of at least 4 members (excludes halogenated alkanes) is 2. The van der Waals surface area contributed by atoms with E-state index in [0.717, 1.165) is 59.1 Å². The number of carbonyl (C=O) groups excluding carboxylic acids is 1. The van der Waals surface area contributed by atoms with E-state index < -0.39 is 0 Å². The average molecular weight is 444 g/mol. The van der Waals surface area contributed by atoms with Crippen LogP contribution in [0.2, 0.25) is 0 Å². The maximum absolute atomic E-state index is 11.1. The molecule has 0 saturated carbocycles. The number of aryl methyl sites for hydroxylation is 1. The van der Waals surface area contributed by atoms with Crippen LogP contribution in [0.4, 0.5) is 0 Å². The molecule has 0 spiro atoms. The smallest absolute Gasteiger partial charge is 0.164 e. The molecule has 0 aliphatic heterocycles. The summed E-state index contributed by atoms with van der Waals surface area (Å²) in [5.41, 5.74) is 3.10. The standard InChI is InChI=1S/C27H29N3O3/c1-20(31)9-4-3-7-17-32-26-11-6-5-10-24(26)19-30-21(2)28-29-27(30)23-15-13-22(14-16-23)25-12-8-18-33-25/h5-6,8,10-16,18H,3-4,7,9,17,19H2,1-2H3. The number of Topliss-reactive ketones (excluding diaryl/α,β-unsaturated/α-hetero) is 1. The molecule has 0 saturated heterocycles. The number of furan rings is 1. The molecule has 33 heavy (non-hydrogen) atoms. The lowest BCUT2D eigenvalue weighted by Crippen LogP contribution is -2.07. The first-order valence-electron chi connectivity index (χ1n) is 11.4. The van der Waals surface area contributed by atoms with E-state index in [9.17, 15) is 4.79 Å². The molecule has 0 fully saturated rings. The zero-order valence-electron chi connectivity index (χ0n) is 19.2. The summed E-state index contributed by atoms with van der Waals surface area (Å²) in [6.45, 7) is 4.86. The van der Waals surface area contributed by atoms with Crippen molar-refractivity contribution < 1.29 is 13.9 Å². The van der Waals surface area contributed by atoms with Crippen LogP contribution in [0.25, 0.3) is 22.7 Å². The first-order valence-corrected chi connectivity index (χ1v) is 11.4. The molecule has 0 radical (unpaired) electrons. The number of hydrogen-bond donors (Lipinski definition) is 0. The van der Waals surface area contributed by atoms with Crippen molar-refractivity contribution in [3.63, 3.8) is 0 Å². The van der Waals surface area contributed by atoms with E-state index in [1.165, 1.54) is 0 Å². The van der Waals surface area contributed by atoms with Gasteiger partial charge in [0, 0.05) is 23.1 Å². The summed E-state index contributed by atoms with van der Waals surface area (Å²) in [6.07, 6.45) is 5.16.